The van der Waals surface area contributed by atoms with E-state index in [2.05, 4.69) is 20.1 Å². The fourth-order valence-corrected chi connectivity index (χ4v) is 2.99. The van der Waals surface area contributed by atoms with Gasteiger partial charge in [0.25, 0.3) is 0 Å². The first-order valence-electron chi connectivity index (χ1n) is 7.35. The van der Waals surface area contributed by atoms with E-state index in [1.165, 1.54) is 0 Å². The number of rotatable bonds is 5. The summed E-state index contributed by atoms with van der Waals surface area (Å²) < 4.78 is 17.8. The van der Waals surface area contributed by atoms with Crippen molar-refractivity contribution in [1.29, 1.82) is 0 Å². The van der Waals surface area contributed by atoms with Gasteiger partial charge in [0, 0.05) is 0 Å². The fraction of sp³-hybridized carbons (Fsp3) is 0.333. The number of aryl methyl sites for hydroxylation is 1. The van der Waals surface area contributed by atoms with Crippen molar-refractivity contribution in [2.45, 2.75) is 13.5 Å². The number of anilines is 1. The zero-order chi connectivity index (χ0) is 18.1. The number of hydrogen-bond donors (Lipinski definition) is 1. The van der Waals surface area contributed by atoms with Crippen LogP contribution in [0.3, 0.4) is 0 Å². The number of ether oxygens (including phenoxy) is 3. The summed E-state index contributed by atoms with van der Waals surface area (Å²) in [5.74, 6) is 1.61. The van der Waals surface area contributed by atoms with Gasteiger partial charge in [0.2, 0.25) is 35.1 Å². The molecule has 0 aromatic carbocycles. The highest BCUT2D eigenvalue weighted by Crippen LogP contribution is 2.37. The van der Waals surface area contributed by atoms with Gasteiger partial charge in [-0.15, -0.1) is 0 Å². The van der Waals surface area contributed by atoms with Crippen LogP contribution in [0.4, 0.5) is 5.95 Å². The number of nitrogen functional groups attached to an aromatic ring is 1. The normalized spacial score (nSPS) is 10.9. The maximum Gasteiger partial charge on any atom is 0.248 e. The van der Waals surface area contributed by atoms with Crippen LogP contribution >= 0.6 is 11.6 Å². The first kappa shape index (κ1) is 17.0. The lowest BCUT2D eigenvalue weighted by Gasteiger charge is -2.11. The lowest BCUT2D eigenvalue weighted by Crippen LogP contribution is -2.18. The Labute approximate surface area is 148 Å². The molecule has 10 heteroatoms. The van der Waals surface area contributed by atoms with Crippen LogP contribution in [0.25, 0.3) is 11.0 Å². The average molecular weight is 366 g/mol. The van der Waals surface area contributed by atoms with Gasteiger partial charge in [-0.1, -0.05) is 11.6 Å². The maximum absolute atomic E-state index is 6.18. The molecule has 0 saturated carbocycles. The molecular weight excluding hydrogens is 348 g/mol. The van der Waals surface area contributed by atoms with Gasteiger partial charge in [0.15, 0.2) is 5.65 Å². The van der Waals surface area contributed by atoms with Crippen LogP contribution in [0.5, 0.6) is 17.2 Å². The second-order valence-corrected chi connectivity index (χ2v) is 5.57. The second kappa shape index (κ2) is 6.60. The van der Waals surface area contributed by atoms with E-state index >= 15 is 0 Å². The number of hydrogen-bond acceptors (Lipinski definition) is 7. The van der Waals surface area contributed by atoms with Crippen molar-refractivity contribution in [3.05, 3.63) is 22.7 Å². The lowest BCUT2D eigenvalue weighted by molar-refractivity contribution is -0.393. The quantitative estimate of drug-likeness (QED) is 0.677. The van der Waals surface area contributed by atoms with Gasteiger partial charge in [-0.2, -0.15) is 10.1 Å². The average Bonchev–Trinajstić information content (AvgIpc) is 2.89. The molecular formula is C15H18ClN6O3+. The number of pyridine rings is 1. The minimum atomic E-state index is 0.0851. The van der Waals surface area contributed by atoms with Gasteiger partial charge < -0.3 is 19.9 Å². The van der Waals surface area contributed by atoms with E-state index in [1.807, 2.05) is 6.92 Å². The van der Waals surface area contributed by atoms with Gasteiger partial charge in [0.1, 0.15) is 11.7 Å². The number of H-pyrrole nitrogens is 1. The molecule has 0 fully saturated rings. The third kappa shape index (κ3) is 2.86. The van der Waals surface area contributed by atoms with Gasteiger partial charge in [-0.25, -0.2) is 14.6 Å². The lowest BCUT2D eigenvalue weighted by atomic mass is 10.2. The molecule has 0 aliphatic rings. The molecule has 0 saturated heterocycles. The van der Waals surface area contributed by atoms with Crippen molar-refractivity contribution in [1.82, 2.24) is 19.7 Å². The molecule has 132 valence electrons. The summed E-state index contributed by atoms with van der Waals surface area (Å²) in [6, 6.07) is 0. The van der Waals surface area contributed by atoms with E-state index in [1.54, 1.807) is 32.2 Å². The number of aromatic nitrogens is 5. The number of nitrogens with zero attached hydrogens (tertiary/aromatic N) is 4. The van der Waals surface area contributed by atoms with Crippen LogP contribution in [0.15, 0.2) is 6.20 Å². The largest absolute Gasteiger partial charge is 0.489 e. The molecule has 0 atom stereocenters. The molecule has 3 rings (SSSR count). The smallest absolute Gasteiger partial charge is 0.248 e. The predicted octanol–water partition coefficient (Wildman–Crippen LogP) is 1.26. The minimum absolute atomic E-state index is 0.0851. The zero-order valence-electron chi connectivity index (χ0n) is 14.3. The molecule has 0 unspecified atom stereocenters. The molecule has 0 bridgehead atoms. The van der Waals surface area contributed by atoms with Gasteiger partial charge in [-0.3, -0.25) is 0 Å². The SMILES string of the molecule is COc1c[nH+]c(Cn2nc(C)c3c(Cl)nc(N)nc32)c(OC)c1OC. The first-order valence-corrected chi connectivity index (χ1v) is 7.73. The Kier molecular flexibility index (Phi) is 4.49. The summed E-state index contributed by atoms with van der Waals surface area (Å²) in [5, 5.41) is 5.42. The molecule has 0 spiro atoms. The molecule has 0 aliphatic heterocycles. The predicted molar refractivity (Wildman–Crippen MR) is 91.2 cm³/mol. The zero-order valence-corrected chi connectivity index (χ0v) is 15.0. The fourth-order valence-electron chi connectivity index (χ4n) is 2.69. The molecule has 3 aromatic rings. The van der Waals surface area contributed by atoms with Crippen LogP contribution in [-0.4, -0.2) is 41.1 Å². The number of nitrogens with two attached hydrogens (primary N) is 1. The van der Waals surface area contributed by atoms with Gasteiger partial charge in [0.05, 0.1) is 32.4 Å². The first-order chi connectivity index (χ1) is 12.0. The van der Waals surface area contributed by atoms with E-state index in [9.17, 15) is 0 Å². The van der Waals surface area contributed by atoms with Crippen LogP contribution < -0.4 is 24.9 Å². The van der Waals surface area contributed by atoms with E-state index in [4.69, 9.17) is 31.5 Å². The van der Waals surface area contributed by atoms with Crippen molar-refractivity contribution >= 4 is 28.6 Å². The van der Waals surface area contributed by atoms with Crippen molar-refractivity contribution in [3.63, 3.8) is 0 Å². The van der Waals surface area contributed by atoms with Crippen LogP contribution in [0, 0.1) is 6.92 Å². The number of aromatic amines is 1. The Hall–Kier alpha value is -2.81. The molecule has 0 aliphatic carbocycles. The van der Waals surface area contributed by atoms with E-state index in [0.29, 0.717) is 40.5 Å². The minimum Gasteiger partial charge on any atom is -0.489 e. The molecule has 25 heavy (non-hydrogen) atoms. The van der Waals surface area contributed by atoms with Crippen molar-refractivity contribution in [3.8, 4) is 17.2 Å². The summed E-state index contributed by atoms with van der Waals surface area (Å²) in [4.78, 5) is 11.4. The van der Waals surface area contributed by atoms with Crippen LogP contribution in [0.1, 0.15) is 11.4 Å². The summed E-state index contributed by atoms with van der Waals surface area (Å²) in [7, 11) is 4.65. The van der Waals surface area contributed by atoms with E-state index < -0.39 is 0 Å². The number of fused-ring (bicyclic) bond motifs is 1. The number of nitrogens with one attached hydrogen (secondary N) is 1. The highest BCUT2D eigenvalue weighted by Gasteiger charge is 2.24. The summed E-state index contributed by atoms with van der Waals surface area (Å²) >= 11 is 6.18. The second-order valence-electron chi connectivity index (χ2n) is 5.22. The Morgan fingerprint density at radius 3 is 2.52 bits per heavy atom. The summed E-state index contributed by atoms with van der Waals surface area (Å²) in [6.07, 6.45) is 1.69. The van der Waals surface area contributed by atoms with Gasteiger partial charge >= 0.3 is 0 Å². The number of halogens is 1. The Balaban J connectivity index is 2.14. The third-order valence-electron chi connectivity index (χ3n) is 3.76. The molecule has 3 heterocycles. The molecule has 3 N–H and O–H groups in total. The monoisotopic (exact) mass is 365 g/mol. The van der Waals surface area contributed by atoms with Crippen LogP contribution in [-0.2, 0) is 6.54 Å². The van der Waals surface area contributed by atoms with Crippen molar-refractivity contribution in [2.24, 2.45) is 0 Å². The highest BCUT2D eigenvalue weighted by atomic mass is 35.5. The maximum atomic E-state index is 6.18. The Morgan fingerprint density at radius 1 is 1.16 bits per heavy atom. The van der Waals surface area contributed by atoms with Crippen LogP contribution in [0.2, 0.25) is 5.15 Å². The summed E-state index contributed by atoms with van der Waals surface area (Å²) in [5.41, 5.74) is 7.69. The van der Waals surface area contributed by atoms with Crippen molar-refractivity contribution in [2.75, 3.05) is 27.1 Å². The molecule has 0 radical (unpaired) electrons. The Morgan fingerprint density at radius 2 is 1.88 bits per heavy atom. The topological polar surface area (TPSA) is 111 Å². The van der Waals surface area contributed by atoms with Gasteiger partial charge in [-0.05, 0) is 6.92 Å². The number of methoxy groups -OCH3 is 3. The third-order valence-corrected chi connectivity index (χ3v) is 4.03. The Bertz CT molecular complexity index is 943. The molecule has 3 aromatic heterocycles. The van der Waals surface area contributed by atoms with E-state index in [-0.39, 0.29) is 11.1 Å². The van der Waals surface area contributed by atoms with E-state index in [0.717, 1.165) is 5.69 Å². The summed E-state index contributed by atoms with van der Waals surface area (Å²) in [6.45, 7) is 2.17. The highest BCUT2D eigenvalue weighted by molar-refractivity contribution is 6.34. The standard InChI is InChI=1S/C15H17ClN6O3/c1-7-10-13(16)19-15(17)20-14(10)22(21-7)6-8-11(24-3)12(25-4)9(23-2)5-18-8/h5H,6H2,1-4H3,(H2,17,19,20)/p+1. The van der Waals surface area contributed by atoms with Crippen molar-refractivity contribution < 1.29 is 19.2 Å². The molecule has 0 amide bonds. The molecule has 9 nitrogen and oxygen atoms in total.